The predicted molar refractivity (Wildman–Crippen MR) is 116 cm³/mol. The van der Waals surface area contributed by atoms with E-state index in [2.05, 4.69) is 16.1 Å². The van der Waals surface area contributed by atoms with Crippen molar-refractivity contribution in [1.82, 2.24) is 4.72 Å². The van der Waals surface area contributed by atoms with Crippen LogP contribution in [0.3, 0.4) is 0 Å². The number of hydrogen-bond donors (Lipinski definition) is 2. The monoisotopic (exact) mass is 408 g/mol. The van der Waals surface area contributed by atoms with Gasteiger partial charge in [-0.1, -0.05) is 43.7 Å². The Labute approximate surface area is 171 Å². The number of benzene rings is 3. The zero-order valence-corrected chi connectivity index (χ0v) is 17.2. The van der Waals surface area contributed by atoms with E-state index in [0.29, 0.717) is 17.8 Å². The van der Waals surface area contributed by atoms with Crippen LogP contribution in [0, 0.1) is 0 Å². The van der Waals surface area contributed by atoms with E-state index in [0.717, 1.165) is 31.1 Å². The first kappa shape index (κ1) is 19.6. The smallest absolute Gasteiger partial charge is 0.256 e. The molecule has 0 saturated carbocycles. The topological polar surface area (TPSA) is 75.3 Å². The Bertz CT molecular complexity index is 1180. The van der Waals surface area contributed by atoms with E-state index >= 15 is 0 Å². The minimum Gasteiger partial charge on any atom is -0.322 e. The fourth-order valence-electron chi connectivity index (χ4n) is 3.85. The van der Waals surface area contributed by atoms with Gasteiger partial charge in [-0.25, -0.2) is 13.1 Å². The molecule has 0 spiro atoms. The van der Waals surface area contributed by atoms with Crippen LogP contribution in [-0.2, 0) is 22.9 Å². The van der Waals surface area contributed by atoms with Crippen LogP contribution in [0.5, 0.6) is 0 Å². The van der Waals surface area contributed by atoms with E-state index in [4.69, 9.17) is 0 Å². The Morgan fingerprint density at radius 3 is 2.55 bits per heavy atom. The quantitative estimate of drug-likeness (QED) is 0.573. The zero-order chi connectivity index (χ0) is 20.4. The van der Waals surface area contributed by atoms with Crippen LogP contribution in [0.4, 0.5) is 5.69 Å². The second-order valence-electron chi connectivity index (χ2n) is 7.35. The van der Waals surface area contributed by atoms with Gasteiger partial charge < -0.3 is 5.32 Å². The van der Waals surface area contributed by atoms with E-state index in [1.807, 2.05) is 31.2 Å². The van der Waals surface area contributed by atoms with Crippen LogP contribution in [0.1, 0.15) is 41.3 Å². The highest BCUT2D eigenvalue weighted by molar-refractivity contribution is 7.89. The molecule has 0 atom stereocenters. The molecule has 150 valence electrons. The van der Waals surface area contributed by atoms with Gasteiger partial charge in [0.2, 0.25) is 10.0 Å². The Morgan fingerprint density at radius 2 is 1.76 bits per heavy atom. The Morgan fingerprint density at radius 1 is 1.00 bits per heavy atom. The fraction of sp³-hybridized carbons (Fsp3) is 0.261. The van der Waals surface area contributed by atoms with Gasteiger partial charge >= 0.3 is 0 Å². The van der Waals surface area contributed by atoms with Crippen molar-refractivity contribution in [3.8, 4) is 0 Å². The average molecular weight is 409 g/mol. The van der Waals surface area contributed by atoms with Crippen molar-refractivity contribution in [3.05, 3.63) is 71.3 Å². The van der Waals surface area contributed by atoms with Gasteiger partial charge in [0.15, 0.2) is 0 Å². The van der Waals surface area contributed by atoms with Crippen molar-refractivity contribution in [1.29, 1.82) is 0 Å². The van der Waals surface area contributed by atoms with Gasteiger partial charge in [-0.05, 0) is 65.4 Å². The first-order chi connectivity index (χ1) is 14.0. The number of sulfonamides is 1. The van der Waals surface area contributed by atoms with Crippen LogP contribution < -0.4 is 10.0 Å². The molecule has 0 aromatic heterocycles. The second kappa shape index (κ2) is 7.97. The van der Waals surface area contributed by atoms with Crippen LogP contribution >= 0.6 is 0 Å². The molecule has 1 amide bonds. The summed E-state index contributed by atoms with van der Waals surface area (Å²) in [5.41, 5.74) is 3.61. The first-order valence-electron chi connectivity index (χ1n) is 9.94. The van der Waals surface area contributed by atoms with E-state index in [1.165, 1.54) is 28.6 Å². The third-order valence-electron chi connectivity index (χ3n) is 5.35. The van der Waals surface area contributed by atoms with Gasteiger partial charge in [0.1, 0.15) is 0 Å². The number of rotatable bonds is 7. The number of nitrogens with one attached hydrogen (secondary N) is 2. The highest BCUT2D eigenvalue weighted by Gasteiger charge is 2.19. The summed E-state index contributed by atoms with van der Waals surface area (Å²) in [4.78, 5) is 13.1. The molecule has 0 heterocycles. The number of carbonyl (C=O) groups excluding carboxylic acids is 1. The molecule has 0 bridgehead atoms. The minimum absolute atomic E-state index is 0.145. The molecule has 0 aliphatic heterocycles. The first-order valence-corrected chi connectivity index (χ1v) is 11.4. The van der Waals surface area contributed by atoms with Crippen molar-refractivity contribution < 1.29 is 13.2 Å². The number of aryl methyl sites for hydroxylation is 2. The molecule has 0 saturated heterocycles. The van der Waals surface area contributed by atoms with E-state index < -0.39 is 10.0 Å². The van der Waals surface area contributed by atoms with Crippen LogP contribution in [0.2, 0.25) is 0 Å². The molecular weight excluding hydrogens is 384 g/mol. The summed E-state index contributed by atoms with van der Waals surface area (Å²) in [6, 6.07) is 16.3. The molecule has 6 heteroatoms. The predicted octanol–water partition coefficient (Wildman–Crippen LogP) is 4.27. The van der Waals surface area contributed by atoms with E-state index in [-0.39, 0.29) is 10.8 Å². The van der Waals surface area contributed by atoms with Crippen LogP contribution in [0.25, 0.3) is 10.8 Å². The standard InChI is InChI=1S/C23H24N2O3S/c1-2-3-14-24-29(27,28)19-8-5-7-18(15-19)25-23(26)21-13-12-17-11-10-16-6-4-9-20(21)22(16)17/h4-9,12-13,15,24H,2-3,10-11,14H2,1H3,(H,25,26). The van der Waals surface area contributed by atoms with Gasteiger partial charge in [0.05, 0.1) is 4.90 Å². The molecule has 0 fully saturated rings. The van der Waals surface area contributed by atoms with Gasteiger partial charge in [0.25, 0.3) is 5.91 Å². The second-order valence-corrected chi connectivity index (χ2v) is 9.11. The van der Waals surface area contributed by atoms with Gasteiger partial charge in [-0.2, -0.15) is 0 Å². The average Bonchev–Trinajstić information content (AvgIpc) is 3.13. The number of amides is 1. The third-order valence-corrected chi connectivity index (χ3v) is 6.80. The van der Waals surface area contributed by atoms with Gasteiger partial charge in [0, 0.05) is 17.8 Å². The van der Waals surface area contributed by atoms with Crippen LogP contribution in [-0.4, -0.2) is 20.9 Å². The fourth-order valence-corrected chi connectivity index (χ4v) is 4.97. The molecule has 4 rings (SSSR count). The van der Waals surface area contributed by atoms with Crippen LogP contribution in [0.15, 0.2) is 59.5 Å². The summed E-state index contributed by atoms with van der Waals surface area (Å²) < 4.78 is 27.5. The number of carbonyl (C=O) groups is 1. The van der Waals surface area contributed by atoms with Gasteiger partial charge in [-0.15, -0.1) is 0 Å². The molecule has 3 aromatic carbocycles. The molecule has 29 heavy (non-hydrogen) atoms. The lowest BCUT2D eigenvalue weighted by molar-refractivity contribution is 0.102. The van der Waals surface area contributed by atoms with E-state index in [9.17, 15) is 13.2 Å². The molecule has 1 aliphatic carbocycles. The summed E-state index contributed by atoms with van der Waals surface area (Å²) in [5, 5.41) is 4.98. The molecule has 1 aliphatic rings. The Kier molecular flexibility index (Phi) is 5.39. The van der Waals surface area contributed by atoms with Crippen molar-refractivity contribution >= 4 is 32.4 Å². The summed E-state index contributed by atoms with van der Waals surface area (Å²) in [6.45, 7) is 2.40. The van der Waals surface area contributed by atoms with Crippen molar-refractivity contribution in [2.75, 3.05) is 11.9 Å². The summed E-state index contributed by atoms with van der Waals surface area (Å²) in [5.74, 6) is -0.242. The molecule has 0 radical (unpaired) electrons. The maximum atomic E-state index is 13.0. The SMILES string of the molecule is CCCCNS(=O)(=O)c1cccc(NC(=O)c2ccc3c4c(cccc24)CC3)c1. The lowest BCUT2D eigenvalue weighted by Crippen LogP contribution is -2.24. The van der Waals surface area contributed by atoms with Crippen molar-refractivity contribution in [2.24, 2.45) is 0 Å². The lowest BCUT2D eigenvalue weighted by atomic mass is 9.99. The Hall–Kier alpha value is -2.70. The maximum Gasteiger partial charge on any atom is 0.256 e. The Balaban J connectivity index is 1.60. The number of hydrogen-bond acceptors (Lipinski definition) is 3. The van der Waals surface area contributed by atoms with Crippen molar-refractivity contribution in [2.45, 2.75) is 37.5 Å². The maximum absolute atomic E-state index is 13.0. The number of unbranched alkanes of at least 4 members (excludes halogenated alkanes) is 1. The summed E-state index contributed by atoms with van der Waals surface area (Å²) in [7, 11) is -3.59. The summed E-state index contributed by atoms with van der Waals surface area (Å²) >= 11 is 0. The summed E-state index contributed by atoms with van der Waals surface area (Å²) in [6.07, 6.45) is 3.69. The van der Waals surface area contributed by atoms with Crippen molar-refractivity contribution in [3.63, 3.8) is 0 Å². The minimum atomic E-state index is -3.59. The highest BCUT2D eigenvalue weighted by Crippen LogP contribution is 2.33. The molecule has 0 unspecified atom stereocenters. The molecule has 5 nitrogen and oxygen atoms in total. The third kappa shape index (κ3) is 3.91. The molecule has 2 N–H and O–H groups in total. The normalized spacial score (nSPS) is 13.0. The largest absolute Gasteiger partial charge is 0.322 e. The van der Waals surface area contributed by atoms with E-state index in [1.54, 1.807) is 12.1 Å². The highest BCUT2D eigenvalue weighted by atomic mass is 32.2. The molecular formula is C23H24N2O3S. The number of anilines is 1. The zero-order valence-electron chi connectivity index (χ0n) is 16.4. The lowest BCUT2D eigenvalue weighted by Gasteiger charge is -2.11. The molecule has 3 aromatic rings. The van der Waals surface area contributed by atoms with Gasteiger partial charge in [-0.3, -0.25) is 4.79 Å².